The Bertz CT molecular complexity index is 860. The SMILES string of the molecule is CCS(=O)(=O)N(C)c1ccc(C(=O)N2CCc3ccccc32)cc1. The van der Waals surface area contributed by atoms with Crippen LogP contribution in [0.3, 0.4) is 0 Å². The zero-order valence-corrected chi connectivity index (χ0v) is 14.6. The minimum absolute atomic E-state index is 0.0365. The van der Waals surface area contributed by atoms with Crippen LogP contribution in [0.15, 0.2) is 48.5 Å². The third-order valence-corrected chi connectivity index (χ3v) is 6.17. The standard InChI is InChI=1S/C18H20N2O3S/c1-3-24(22,23)19(2)16-10-8-15(9-11-16)18(21)20-13-12-14-6-4-5-7-17(14)20/h4-11H,3,12-13H2,1-2H3. The summed E-state index contributed by atoms with van der Waals surface area (Å²) in [6, 6.07) is 14.6. The second kappa shape index (κ2) is 6.28. The van der Waals surface area contributed by atoms with Crippen molar-refractivity contribution >= 4 is 27.3 Å². The summed E-state index contributed by atoms with van der Waals surface area (Å²) in [6.07, 6.45) is 0.859. The normalized spacial score (nSPS) is 13.7. The fourth-order valence-corrected chi connectivity index (χ4v) is 3.70. The van der Waals surface area contributed by atoms with Gasteiger partial charge in [0, 0.05) is 24.8 Å². The third kappa shape index (κ3) is 2.89. The lowest BCUT2D eigenvalue weighted by atomic mass is 10.1. The van der Waals surface area contributed by atoms with E-state index < -0.39 is 10.0 Å². The molecule has 24 heavy (non-hydrogen) atoms. The molecule has 0 radical (unpaired) electrons. The quantitative estimate of drug-likeness (QED) is 0.857. The van der Waals surface area contributed by atoms with Crippen molar-refractivity contribution in [2.24, 2.45) is 0 Å². The number of amides is 1. The Kier molecular flexibility index (Phi) is 4.32. The molecule has 0 N–H and O–H groups in total. The van der Waals surface area contributed by atoms with Gasteiger partial charge in [0.2, 0.25) is 10.0 Å². The van der Waals surface area contributed by atoms with Crippen molar-refractivity contribution in [3.05, 3.63) is 59.7 Å². The van der Waals surface area contributed by atoms with E-state index in [0.29, 0.717) is 17.8 Å². The van der Waals surface area contributed by atoms with Crippen LogP contribution in [-0.4, -0.2) is 33.7 Å². The summed E-state index contributed by atoms with van der Waals surface area (Å²) in [4.78, 5) is 14.5. The van der Waals surface area contributed by atoms with Gasteiger partial charge in [-0.15, -0.1) is 0 Å². The first kappa shape index (κ1) is 16.5. The number of benzene rings is 2. The first-order valence-electron chi connectivity index (χ1n) is 7.90. The van der Waals surface area contributed by atoms with Gasteiger partial charge < -0.3 is 4.90 Å². The van der Waals surface area contributed by atoms with Crippen LogP contribution in [0, 0.1) is 0 Å². The van der Waals surface area contributed by atoms with Crippen molar-refractivity contribution in [2.75, 3.05) is 28.6 Å². The van der Waals surface area contributed by atoms with Gasteiger partial charge in [-0.3, -0.25) is 9.10 Å². The predicted octanol–water partition coefficient (Wildman–Crippen LogP) is 2.68. The van der Waals surface area contributed by atoms with Crippen LogP contribution >= 0.6 is 0 Å². The highest BCUT2D eigenvalue weighted by molar-refractivity contribution is 7.92. The molecule has 0 fully saturated rings. The highest BCUT2D eigenvalue weighted by Gasteiger charge is 2.25. The molecule has 0 saturated carbocycles. The molecule has 0 unspecified atom stereocenters. The summed E-state index contributed by atoms with van der Waals surface area (Å²) in [6.45, 7) is 2.28. The second-order valence-electron chi connectivity index (χ2n) is 5.75. The van der Waals surface area contributed by atoms with Gasteiger partial charge in [-0.05, 0) is 49.2 Å². The highest BCUT2D eigenvalue weighted by atomic mass is 32.2. The minimum atomic E-state index is -3.30. The van der Waals surface area contributed by atoms with Crippen LogP contribution < -0.4 is 9.21 Å². The summed E-state index contributed by atoms with van der Waals surface area (Å²) >= 11 is 0. The average molecular weight is 344 g/mol. The molecule has 0 saturated heterocycles. The molecule has 0 atom stereocenters. The Morgan fingerprint density at radius 1 is 1.12 bits per heavy atom. The van der Waals surface area contributed by atoms with E-state index in [0.717, 1.165) is 12.1 Å². The molecule has 2 aromatic carbocycles. The molecule has 3 rings (SSSR count). The molecule has 6 heteroatoms. The number of hydrogen-bond donors (Lipinski definition) is 0. The molecule has 1 heterocycles. The number of nitrogens with zero attached hydrogens (tertiary/aromatic N) is 2. The van der Waals surface area contributed by atoms with E-state index in [1.54, 1.807) is 36.1 Å². The van der Waals surface area contributed by atoms with E-state index in [1.165, 1.54) is 16.9 Å². The number of fused-ring (bicyclic) bond motifs is 1. The first-order valence-corrected chi connectivity index (χ1v) is 9.51. The Balaban J connectivity index is 1.83. The molecule has 0 aromatic heterocycles. The fraction of sp³-hybridized carbons (Fsp3) is 0.278. The molecule has 0 aliphatic carbocycles. The Hall–Kier alpha value is -2.34. The van der Waals surface area contributed by atoms with Crippen molar-refractivity contribution < 1.29 is 13.2 Å². The summed E-state index contributed by atoms with van der Waals surface area (Å²) in [5.41, 5.74) is 3.24. The summed E-state index contributed by atoms with van der Waals surface area (Å²) in [7, 11) is -1.78. The lowest BCUT2D eigenvalue weighted by Gasteiger charge is -2.20. The summed E-state index contributed by atoms with van der Waals surface area (Å²) in [5.74, 6) is -0.0260. The monoisotopic (exact) mass is 344 g/mol. The average Bonchev–Trinajstić information content (AvgIpc) is 3.04. The van der Waals surface area contributed by atoms with Crippen molar-refractivity contribution in [1.82, 2.24) is 0 Å². The topological polar surface area (TPSA) is 57.7 Å². The number of sulfonamides is 1. The maximum atomic E-state index is 12.7. The minimum Gasteiger partial charge on any atom is -0.308 e. The molecule has 0 spiro atoms. The number of hydrogen-bond acceptors (Lipinski definition) is 3. The van der Waals surface area contributed by atoms with E-state index in [2.05, 4.69) is 0 Å². The number of rotatable bonds is 4. The van der Waals surface area contributed by atoms with Gasteiger partial charge >= 0.3 is 0 Å². The van der Waals surface area contributed by atoms with Crippen molar-refractivity contribution in [2.45, 2.75) is 13.3 Å². The lowest BCUT2D eigenvalue weighted by molar-refractivity contribution is 0.0989. The molecule has 126 valence electrons. The van der Waals surface area contributed by atoms with Crippen molar-refractivity contribution in [3.8, 4) is 0 Å². The Morgan fingerprint density at radius 3 is 2.46 bits per heavy atom. The molecule has 0 bridgehead atoms. The molecular weight excluding hydrogens is 324 g/mol. The molecule has 1 amide bonds. The molecular formula is C18H20N2O3S. The Morgan fingerprint density at radius 2 is 1.79 bits per heavy atom. The van der Waals surface area contributed by atoms with E-state index in [1.807, 2.05) is 24.3 Å². The third-order valence-electron chi connectivity index (χ3n) is 4.39. The first-order chi connectivity index (χ1) is 11.4. The molecule has 2 aromatic rings. The van der Waals surface area contributed by atoms with Gasteiger partial charge in [0.25, 0.3) is 5.91 Å². The summed E-state index contributed by atoms with van der Waals surface area (Å²) in [5, 5.41) is 0. The van der Waals surface area contributed by atoms with Crippen LogP contribution in [0.2, 0.25) is 0 Å². The van der Waals surface area contributed by atoms with Crippen LogP contribution in [0.5, 0.6) is 0 Å². The number of para-hydroxylation sites is 1. The second-order valence-corrected chi connectivity index (χ2v) is 8.04. The van der Waals surface area contributed by atoms with E-state index >= 15 is 0 Å². The largest absolute Gasteiger partial charge is 0.308 e. The maximum Gasteiger partial charge on any atom is 0.258 e. The lowest BCUT2D eigenvalue weighted by Crippen LogP contribution is -2.29. The zero-order valence-electron chi connectivity index (χ0n) is 13.8. The van der Waals surface area contributed by atoms with Crippen molar-refractivity contribution in [1.29, 1.82) is 0 Å². The van der Waals surface area contributed by atoms with Crippen LogP contribution in [0.1, 0.15) is 22.8 Å². The van der Waals surface area contributed by atoms with Gasteiger partial charge in [0.15, 0.2) is 0 Å². The highest BCUT2D eigenvalue weighted by Crippen LogP contribution is 2.29. The number of carbonyl (C=O) groups is 1. The van der Waals surface area contributed by atoms with Crippen molar-refractivity contribution in [3.63, 3.8) is 0 Å². The smallest absolute Gasteiger partial charge is 0.258 e. The fourth-order valence-electron chi connectivity index (χ4n) is 2.87. The number of carbonyl (C=O) groups excluding carboxylic acids is 1. The predicted molar refractivity (Wildman–Crippen MR) is 96.1 cm³/mol. The van der Waals surface area contributed by atoms with Gasteiger partial charge in [-0.2, -0.15) is 0 Å². The van der Waals surface area contributed by atoms with Gasteiger partial charge in [-0.1, -0.05) is 18.2 Å². The zero-order chi connectivity index (χ0) is 17.3. The Labute approximate surface area is 142 Å². The van der Waals surface area contributed by atoms with Gasteiger partial charge in [0.05, 0.1) is 11.4 Å². The number of anilines is 2. The van der Waals surface area contributed by atoms with Gasteiger partial charge in [0.1, 0.15) is 0 Å². The maximum absolute atomic E-state index is 12.7. The summed E-state index contributed by atoms with van der Waals surface area (Å²) < 4.78 is 25.1. The van der Waals surface area contributed by atoms with Gasteiger partial charge in [-0.25, -0.2) is 8.42 Å². The van der Waals surface area contributed by atoms with Crippen LogP contribution in [0.25, 0.3) is 0 Å². The van der Waals surface area contributed by atoms with Crippen LogP contribution in [0.4, 0.5) is 11.4 Å². The van der Waals surface area contributed by atoms with E-state index in [-0.39, 0.29) is 11.7 Å². The van der Waals surface area contributed by atoms with E-state index in [9.17, 15) is 13.2 Å². The molecule has 1 aliphatic heterocycles. The van der Waals surface area contributed by atoms with E-state index in [4.69, 9.17) is 0 Å². The molecule has 5 nitrogen and oxygen atoms in total. The molecule has 1 aliphatic rings. The van der Waals surface area contributed by atoms with Crippen LogP contribution in [-0.2, 0) is 16.4 Å².